The molecule has 1 unspecified atom stereocenters. The van der Waals surface area contributed by atoms with Crippen LogP contribution in [0.5, 0.6) is 0 Å². The second-order valence-electron chi connectivity index (χ2n) is 4.60. The highest BCUT2D eigenvalue weighted by Crippen LogP contribution is 2.13. The Hall–Kier alpha value is -1.47. The molecule has 0 N–H and O–H groups in total. The Bertz CT molecular complexity index is 742. The van der Waals surface area contributed by atoms with Crippen molar-refractivity contribution in [2.75, 3.05) is 0 Å². The number of hydrogen-bond acceptors (Lipinski definition) is 4. The fraction of sp³-hybridized carbons (Fsp3) is 0.385. The minimum absolute atomic E-state index is 0.119. The van der Waals surface area contributed by atoms with E-state index in [1.165, 1.54) is 11.3 Å². The predicted molar refractivity (Wildman–Crippen MR) is 79.0 cm³/mol. The molecule has 1 aromatic heterocycles. The highest BCUT2D eigenvalue weighted by atomic mass is 32.2. The summed E-state index contributed by atoms with van der Waals surface area (Å²) in [7, 11) is -3.69. The SMILES string of the molecule is CCC(C)n1ncs/c1=N/S(=O)(=O)c1ccc(C)cc1. The molecule has 0 radical (unpaired) electrons. The van der Waals surface area contributed by atoms with Crippen LogP contribution in [0.1, 0.15) is 31.9 Å². The summed E-state index contributed by atoms with van der Waals surface area (Å²) in [6.07, 6.45) is 0.863. The van der Waals surface area contributed by atoms with E-state index in [1.54, 1.807) is 34.5 Å². The Morgan fingerprint density at radius 1 is 1.35 bits per heavy atom. The molecule has 0 fully saturated rings. The van der Waals surface area contributed by atoms with Crippen molar-refractivity contribution < 1.29 is 8.42 Å². The van der Waals surface area contributed by atoms with Gasteiger partial charge in [-0.2, -0.15) is 13.5 Å². The summed E-state index contributed by atoms with van der Waals surface area (Å²) in [5.74, 6) is 0. The number of benzene rings is 1. The van der Waals surface area contributed by atoms with Crippen molar-refractivity contribution in [2.45, 2.75) is 38.1 Å². The zero-order valence-electron chi connectivity index (χ0n) is 11.6. The van der Waals surface area contributed by atoms with Crippen LogP contribution in [0.2, 0.25) is 0 Å². The van der Waals surface area contributed by atoms with Gasteiger partial charge in [0.05, 0.1) is 10.9 Å². The maximum absolute atomic E-state index is 12.3. The first kappa shape index (κ1) is 14.9. The Morgan fingerprint density at radius 2 is 2.00 bits per heavy atom. The predicted octanol–water partition coefficient (Wildman–Crippen LogP) is 2.51. The van der Waals surface area contributed by atoms with Crippen molar-refractivity contribution in [3.8, 4) is 0 Å². The number of hydrogen-bond donors (Lipinski definition) is 0. The quantitative estimate of drug-likeness (QED) is 0.871. The van der Waals surface area contributed by atoms with Crippen molar-refractivity contribution in [3.63, 3.8) is 0 Å². The van der Waals surface area contributed by atoms with Crippen LogP contribution in [0.3, 0.4) is 0 Å². The molecule has 1 atom stereocenters. The second kappa shape index (κ2) is 5.88. The molecule has 2 aromatic rings. The molecule has 0 aliphatic rings. The molecule has 0 amide bonds. The summed E-state index contributed by atoms with van der Waals surface area (Å²) < 4.78 is 30.1. The van der Waals surface area contributed by atoms with Gasteiger partial charge in [0.2, 0.25) is 4.80 Å². The Balaban J connectivity index is 2.49. The van der Waals surface area contributed by atoms with E-state index in [-0.39, 0.29) is 10.9 Å². The van der Waals surface area contributed by atoms with E-state index in [4.69, 9.17) is 0 Å². The molecule has 2 rings (SSSR count). The summed E-state index contributed by atoms with van der Waals surface area (Å²) in [5, 5.41) is 4.16. The van der Waals surface area contributed by atoms with Crippen LogP contribution in [0, 0.1) is 6.92 Å². The first-order valence-corrected chi connectivity index (χ1v) is 8.66. The lowest BCUT2D eigenvalue weighted by Crippen LogP contribution is -2.21. The lowest BCUT2D eigenvalue weighted by molar-refractivity contribution is 0.462. The zero-order chi connectivity index (χ0) is 14.8. The first-order chi connectivity index (χ1) is 9.44. The third kappa shape index (κ3) is 3.16. The van der Waals surface area contributed by atoms with E-state index < -0.39 is 10.0 Å². The largest absolute Gasteiger partial charge is 0.285 e. The molecule has 1 aromatic carbocycles. The summed E-state index contributed by atoms with van der Waals surface area (Å²) in [6, 6.07) is 6.79. The van der Waals surface area contributed by atoms with E-state index in [9.17, 15) is 8.42 Å². The van der Waals surface area contributed by atoms with Crippen LogP contribution in [0.15, 0.2) is 39.1 Å². The number of aryl methyl sites for hydroxylation is 1. The fourth-order valence-electron chi connectivity index (χ4n) is 1.63. The van der Waals surface area contributed by atoms with Gasteiger partial charge in [0.25, 0.3) is 10.0 Å². The maximum atomic E-state index is 12.3. The van der Waals surface area contributed by atoms with Crippen molar-refractivity contribution >= 4 is 21.4 Å². The molecular formula is C13H17N3O2S2. The van der Waals surface area contributed by atoms with E-state index >= 15 is 0 Å². The number of rotatable bonds is 4. The van der Waals surface area contributed by atoms with Crippen molar-refractivity contribution in [3.05, 3.63) is 40.1 Å². The molecular weight excluding hydrogens is 294 g/mol. The highest BCUT2D eigenvalue weighted by molar-refractivity contribution is 7.90. The van der Waals surface area contributed by atoms with Gasteiger partial charge >= 0.3 is 0 Å². The Kier molecular flexibility index (Phi) is 4.39. The van der Waals surface area contributed by atoms with Crippen LogP contribution in [-0.2, 0) is 10.0 Å². The van der Waals surface area contributed by atoms with E-state index in [2.05, 4.69) is 9.50 Å². The molecule has 0 bridgehead atoms. The molecule has 1 heterocycles. The van der Waals surface area contributed by atoms with E-state index in [1.807, 2.05) is 20.8 Å². The Morgan fingerprint density at radius 3 is 2.60 bits per heavy atom. The minimum Gasteiger partial charge on any atom is -0.235 e. The molecule has 20 heavy (non-hydrogen) atoms. The molecule has 0 aliphatic heterocycles. The Labute approximate surface area is 122 Å². The average Bonchev–Trinajstić information content (AvgIpc) is 2.85. The summed E-state index contributed by atoms with van der Waals surface area (Å²) >= 11 is 1.22. The summed E-state index contributed by atoms with van der Waals surface area (Å²) in [6.45, 7) is 5.92. The van der Waals surface area contributed by atoms with Gasteiger partial charge in [-0.3, -0.25) is 0 Å². The number of sulfonamides is 1. The lowest BCUT2D eigenvalue weighted by Gasteiger charge is -2.07. The van der Waals surface area contributed by atoms with Crippen molar-refractivity contribution in [1.82, 2.24) is 9.78 Å². The molecule has 7 heteroatoms. The van der Waals surface area contributed by atoms with Crippen molar-refractivity contribution in [2.24, 2.45) is 4.40 Å². The van der Waals surface area contributed by atoms with Gasteiger partial charge in [0, 0.05) is 0 Å². The van der Waals surface area contributed by atoms with Gasteiger partial charge in [-0.1, -0.05) is 36.0 Å². The summed E-state index contributed by atoms with van der Waals surface area (Å²) in [5.41, 5.74) is 2.62. The van der Waals surface area contributed by atoms with Gasteiger partial charge in [-0.25, -0.2) is 4.68 Å². The molecule has 5 nitrogen and oxygen atoms in total. The fourth-order valence-corrected chi connectivity index (χ4v) is 3.55. The van der Waals surface area contributed by atoms with Crippen molar-refractivity contribution in [1.29, 1.82) is 0 Å². The average molecular weight is 311 g/mol. The van der Waals surface area contributed by atoms with Crippen LogP contribution >= 0.6 is 11.3 Å². The van der Waals surface area contributed by atoms with E-state index in [0.717, 1.165) is 12.0 Å². The topological polar surface area (TPSA) is 64.3 Å². The molecule has 0 spiro atoms. The van der Waals surface area contributed by atoms with Gasteiger partial charge in [-0.15, -0.1) is 4.40 Å². The first-order valence-electron chi connectivity index (χ1n) is 6.34. The third-order valence-electron chi connectivity index (χ3n) is 3.05. The maximum Gasteiger partial charge on any atom is 0.285 e. The highest BCUT2D eigenvalue weighted by Gasteiger charge is 2.14. The molecule has 108 valence electrons. The minimum atomic E-state index is -3.69. The van der Waals surface area contributed by atoms with Crippen LogP contribution < -0.4 is 4.80 Å². The van der Waals surface area contributed by atoms with Gasteiger partial charge < -0.3 is 0 Å². The summed E-state index contributed by atoms with van der Waals surface area (Å²) in [4.78, 5) is 0.604. The monoisotopic (exact) mass is 311 g/mol. The van der Waals surface area contributed by atoms with Gasteiger partial charge in [0.15, 0.2) is 0 Å². The second-order valence-corrected chi connectivity index (χ2v) is 7.02. The number of nitrogens with zero attached hydrogens (tertiary/aromatic N) is 3. The standard InChI is InChI=1S/C13H17N3O2S2/c1-4-11(3)16-13(19-9-14-16)15-20(17,18)12-7-5-10(2)6-8-12/h5-9,11H,4H2,1-3H3/b15-13+. The molecule has 0 aliphatic carbocycles. The lowest BCUT2D eigenvalue weighted by atomic mass is 10.2. The normalized spacial score (nSPS) is 14.4. The van der Waals surface area contributed by atoms with E-state index in [0.29, 0.717) is 4.80 Å². The molecule has 0 saturated carbocycles. The van der Waals surface area contributed by atoms with Crippen LogP contribution in [-0.4, -0.2) is 18.2 Å². The molecule has 0 saturated heterocycles. The zero-order valence-corrected chi connectivity index (χ0v) is 13.3. The van der Waals surface area contributed by atoms with Crippen LogP contribution in [0.4, 0.5) is 0 Å². The van der Waals surface area contributed by atoms with Crippen LogP contribution in [0.25, 0.3) is 0 Å². The third-order valence-corrected chi connectivity index (χ3v) is 5.14. The van der Waals surface area contributed by atoms with Gasteiger partial charge in [-0.05, 0) is 32.4 Å². The number of aromatic nitrogens is 2. The smallest absolute Gasteiger partial charge is 0.235 e. The van der Waals surface area contributed by atoms with Gasteiger partial charge in [0.1, 0.15) is 5.51 Å².